The summed E-state index contributed by atoms with van der Waals surface area (Å²) >= 11 is 0. The van der Waals surface area contributed by atoms with E-state index in [1.807, 2.05) is 19.1 Å². The number of aromatic nitrogens is 1. The molecule has 0 saturated carbocycles. The number of piperazine rings is 1. The Morgan fingerprint density at radius 2 is 1.67 bits per heavy atom. The first-order valence-electron chi connectivity index (χ1n) is 8.76. The molecule has 0 aliphatic carbocycles. The van der Waals surface area contributed by atoms with Crippen LogP contribution in [0.15, 0.2) is 41.6 Å². The Bertz CT molecular complexity index is 957. The summed E-state index contributed by atoms with van der Waals surface area (Å²) in [7, 11) is -3.62. The molecule has 0 N–H and O–H groups in total. The maximum absolute atomic E-state index is 13.1. The van der Waals surface area contributed by atoms with Crippen LogP contribution in [0.5, 0.6) is 0 Å². The minimum absolute atomic E-state index is 0.227. The van der Waals surface area contributed by atoms with Crippen molar-refractivity contribution >= 4 is 15.9 Å². The van der Waals surface area contributed by atoms with Crippen LogP contribution in [0, 0.1) is 26.0 Å². The molecule has 1 amide bonds. The number of rotatable bonds is 3. The van der Waals surface area contributed by atoms with Gasteiger partial charge in [0, 0.05) is 32.2 Å². The van der Waals surface area contributed by atoms with Crippen LogP contribution in [0.4, 0.5) is 0 Å². The zero-order chi connectivity index (χ0) is 19.8. The molecule has 1 aliphatic rings. The van der Waals surface area contributed by atoms with Crippen LogP contribution in [0.25, 0.3) is 0 Å². The molecule has 2 heterocycles. The van der Waals surface area contributed by atoms with E-state index in [2.05, 4.69) is 0 Å². The molecule has 0 spiro atoms. The van der Waals surface area contributed by atoms with Gasteiger partial charge in [0.15, 0.2) is 12.4 Å². The molecule has 7 nitrogen and oxygen atoms in total. The fraction of sp³-hybridized carbons (Fsp3) is 0.368. The molecule has 2 aromatic rings. The summed E-state index contributed by atoms with van der Waals surface area (Å²) in [5.74, 6) is -0.264. The summed E-state index contributed by atoms with van der Waals surface area (Å²) < 4.78 is 28.2. The Balaban J connectivity index is 1.76. The van der Waals surface area contributed by atoms with E-state index >= 15 is 0 Å². The summed E-state index contributed by atoms with van der Waals surface area (Å²) in [6.45, 7) is 6.58. The average Bonchev–Trinajstić information content (AvgIpc) is 2.60. The van der Waals surface area contributed by atoms with Gasteiger partial charge in [-0.1, -0.05) is 17.7 Å². The van der Waals surface area contributed by atoms with Crippen LogP contribution in [-0.4, -0.2) is 49.7 Å². The van der Waals surface area contributed by atoms with Gasteiger partial charge in [0.2, 0.25) is 10.0 Å². The van der Waals surface area contributed by atoms with Gasteiger partial charge in [-0.2, -0.15) is 9.04 Å². The Hall–Kier alpha value is -2.45. The fourth-order valence-corrected chi connectivity index (χ4v) is 5.43. The van der Waals surface area contributed by atoms with Gasteiger partial charge in [-0.3, -0.25) is 4.79 Å². The number of sulfonamides is 1. The van der Waals surface area contributed by atoms with Gasteiger partial charge in [0.05, 0.1) is 4.90 Å². The summed E-state index contributed by atoms with van der Waals surface area (Å²) in [5.41, 5.74) is 2.79. The molecule has 1 aliphatic heterocycles. The number of carbonyl (C=O) groups excluding carboxylic acids is 1. The smallest absolute Gasteiger partial charge is 0.260 e. The molecule has 0 bridgehead atoms. The maximum atomic E-state index is 13.1. The van der Waals surface area contributed by atoms with Crippen molar-refractivity contribution in [2.75, 3.05) is 26.2 Å². The third kappa shape index (κ3) is 3.81. The van der Waals surface area contributed by atoms with Crippen LogP contribution in [-0.2, 0) is 10.0 Å². The monoisotopic (exact) mass is 389 g/mol. The van der Waals surface area contributed by atoms with Crippen molar-refractivity contribution in [1.29, 1.82) is 0 Å². The molecule has 0 atom stereocenters. The SMILES string of the molecule is Cc1cc(C)c(S(=O)(=O)N2CCN(C(=O)c3ccc[n+]([O-])c3)CC2)c(C)c1. The fourth-order valence-electron chi connectivity index (χ4n) is 3.60. The van der Waals surface area contributed by atoms with Crippen LogP contribution < -0.4 is 4.73 Å². The average molecular weight is 389 g/mol. The minimum atomic E-state index is -3.62. The third-order valence-corrected chi connectivity index (χ3v) is 6.96. The molecular formula is C19H23N3O4S. The molecule has 3 rings (SSSR count). The van der Waals surface area contributed by atoms with Crippen molar-refractivity contribution in [3.63, 3.8) is 0 Å². The van der Waals surface area contributed by atoms with E-state index < -0.39 is 10.0 Å². The van der Waals surface area contributed by atoms with Crippen molar-refractivity contribution in [3.05, 3.63) is 64.1 Å². The predicted molar refractivity (Wildman–Crippen MR) is 101 cm³/mol. The molecule has 8 heteroatoms. The van der Waals surface area contributed by atoms with Gasteiger partial charge in [-0.25, -0.2) is 8.42 Å². The second kappa shape index (κ2) is 7.28. The van der Waals surface area contributed by atoms with Crippen LogP contribution >= 0.6 is 0 Å². The molecule has 1 fully saturated rings. The summed E-state index contributed by atoms with van der Waals surface area (Å²) in [4.78, 5) is 14.5. The summed E-state index contributed by atoms with van der Waals surface area (Å²) in [5, 5.41) is 11.4. The highest BCUT2D eigenvalue weighted by molar-refractivity contribution is 7.89. The lowest BCUT2D eigenvalue weighted by molar-refractivity contribution is -0.605. The Morgan fingerprint density at radius 3 is 2.22 bits per heavy atom. The van der Waals surface area contributed by atoms with Gasteiger partial charge in [-0.15, -0.1) is 0 Å². The number of amides is 1. The molecule has 0 radical (unpaired) electrons. The van der Waals surface area contributed by atoms with Gasteiger partial charge in [-0.05, 0) is 38.0 Å². The Morgan fingerprint density at radius 1 is 1.07 bits per heavy atom. The predicted octanol–water partition coefficient (Wildman–Crippen LogP) is 1.39. The Kier molecular flexibility index (Phi) is 5.21. The van der Waals surface area contributed by atoms with E-state index in [1.54, 1.807) is 24.8 Å². The molecular weight excluding hydrogens is 366 g/mol. The largest absolute Gasteiger partial charge is 0.619 e. The molecule has 1 aromatic heterocycles. The zero-order valence-electron chi connectivity index (χ0n) is 15.7. The maximum Gasteiger partial charge on any atom is 0.260 e. The quantitative estimate of drug-likeness (QED) is 0.587. The van der Waals surface area contributed by atoms with Gasteiger partial charge < -0.3 is 10.1 Å². The molecule has 27 heavy (non-hydrogen) atoms. The lowest BCUT2D eigenvalue weighted by atomic mass is 10.1. The van der Waals surface area contributed by atoms with E-state index in [-0.39, 0.29) is 32.1 Å². The van der Waals surface area contributed by atoms with Crippen LogP contribution in [0.1, 0.15) is 27.0 Å². The van der Waals surface area contributed by atoms with Crippen molar-refractivity contribution in [2.24, 2.45) is 0 Å². The number of carbonyl (C=O) groups is 1. The number of aryl methyl sites for hydroxylation is 3. The zero-order valence-corrected chi connectivity index (χ0v) is 16.5. The lowest BCUT2D eigenvalue weighted by Gasteiger charge is -2.34. The normalized spacial score (nSPS) is 15.7. The highest BCUT2D eigenvalue weighted by Crippen LogP contribution is 2.26. The van der Waals surface area contributed by atoms with Crippen molar-refractivity contribution in [1.82, 2.24) is 9.21 Å². The molecule has 1 saturated heterocycles. The summed E-state index contributed by atoms with van der Waals surface area (Å²) in [6, 6.07) is 6.84. The highest BCUT2D eigenvalue weighted by atomic mass is 32.2. The number of benzene rings is 1. The summed E-state index contributed by atoms with van der Waals surface area (Å²) in [6.07, 6.45) is 2.54. The van der Waals surface area contributed by atoms with Crippen molar-refractivity contribution in [3.8, 4) is 0 Å². The van der Waals surface area contributed by atoms with Crippen LogP contribution in [0.3, 0.4) is 0 Å². The first-order chi connectivity index (χ1) is 12.7. The number of hydrogen-bond acceptors (Lipinski definition) is 4. The molecule has 0 unspecified atom stereocenters. The van der Waals surface area contributed by atoms with Crippen molar-refractivity contribution < 1.29 is 17.9 Å². The standard InChI is InChI=1S/C19H23N3O4S/c1-14-11-15(2)18(16(3)12-14)27(25,26)22-9-7-20(8-10-22)19(23)17-5-4-6-21(24)13-17/h4-6,11-13H,7-10H2,1-3H3. The molecule has 144 valence electrons. The van der Waals surface area contributed by atoms with E-state index in [1.165, 1.54) is 22.8 Å². The van der Waals surface area contributed by atoms with E-state index in [0.29, 0.717) is 15.2 Å². The first kappa shape index (κ1) is 19.3. The lowest BCUT2D eigenvalue weighted by Crippen LogP contribution is -2.50. The second-order valence-electron chi connectivity index (χ2n) is 6.88. The first-order valence-corrected chi connectivity index (χ1v) is 10.2. The van der Waals surface area contributed by atoms with Crippen LogP contribution in [0.2, 0.25) is 0 Å². The van der Waals surface area contributed by atoms with Gasteiger partial charge in [0.1, 0.15) is 5.56 Å². The number of pyridine rings is 1. The van der Waals surface area contributed by atoms with Gasteiger partial charge >= 0.3 is 0 Å². The van der Waals surface area contributed by atoms with Crippen molar-refractivity contribution in [2.45, 2.75) is 25.7 Å². The minimum Gasteiger partial charge on any atom is -0.619 e. The number of hydrogen-bond donors (Lipinski definition) is 0. The molecule has 1 aromatic carbocycles. The number of nitrogens with zero attached hydrogens (tertiary/aromatic N) is 3. The highest BCUT2D eigenvalue weighted by Gasteiger charge is 2.32. The van der Waals surface area contributed by atoms with E-state index in [0.717, 1.165) is 16.7 Å². The van der Waals surface area contributed by atoms with E-state index in [4.69, 9.17) is 0 Å². The second-order valence-corrected chi connectivity index (χ2v) is 8.75. The topological polar surface area (TPSA) is 84.6 Å². The van der Waals surface area contributed by atoms with Gasteiger partial charge in [0.25, 0.3) is 5.91 Å². The third-order valence-electron chi connectivity index (χ3n) is 4.75. The Labute approximate surface area is 159 Å². The van der Waals surface area contributed by atoms with E-state index in [9.17, 15) is 18.4 Å².